The number of nitrogens with zero attached hydrogens (tertiary/aromatic N) is 1. The molecule has 1 atom stereocenters. The number of anilines is 2. The summed E-state index contributed by atoms with van der Waals surface area (Å²) in [5.74, 6) is 0. The summed E-state index contributed by atoms with van der Waals surface area (Å²) in [6.45, 7) is 2.31. The minimum Gasteiger partial charge on any atom is -0.397 e. The summed E-state index contributed by atoms with van der Waals surface area (Å²) in [5, 5.41) is 13.7. The first-order valence-electron chi connectivity index (χ1n) is 5.64. The van der Waals surface area contributed by atoms with Crippen LogP contribution in [0.1, 0.15) is 0 Å². The zero-order chi connectivity index (χ0) is 13.0. The molecule has 3 N–H and O–H groups in total. The van der Waals surface area contributed by atoms with Crippen molar-refractivity contribution in [3.8, 4) is 0 Å². The average molecular weight is 253 g/mol. The molecule has 1 aliphatic heterocycles. The minimum atomic E-state index is -0.474. The SMILES string of the molecule is Nc1cc([N+](=O)[O-])ccc1NCC1COCCO1. The first-order valence-corrected chi connectivity index (χ1v) is 5.64. The van der Waals surface area contributed by atoms with Crippen LogP contribution < -0.4 is 11.1 Å². The number of nitrogens with one attached hydrogen (secondary N) is 1. The summed E-state index contributed by atoms with van der Waals surface area (Å²) in [6, 6.07) is 4.34. The van der Waals surface area contributed by atoms with Gasteiger partial charge in [-0.1, -0.05) is 0 Å². The highest BCUT2D eigenvalue weighted by Crippen LogP contribution is 2.24. The van der Waals surface area contributed by atoms with Gasteiger partial charge in [-0.25, -0.2) is 0 Å². The molecule has 1 unspecified atom stereocenters. The molecular formula is C11H15N3O4. The summed E-state index contributed by atoms with van der Waals surface area (Å²) in [4.78, 5) is 10.1. The van der Waals surface area contributed by atoms with Crippen molar-refractivity contribution in [3.63, 3.8) is 0 Å². The van der Waals surface area contributed by atoms with Gasteiger partial charge in [0.2, 0.25) is 0 Å². The van der Waals surface area contributed by atoms with Gasteiger partial charge in [0.15, 0.2) is 0 Å². The van der Waals surface area contributed by atoms with Gasteiger partial charge in [0.05, 0.1) is 42.2 Å². The Morgan fingerprint density at radius 3 is 2.94 bits per heavy atom. The lowest BCUT2D eigenvalue weighted by Gasteiger charge is -2.23. The van der Waals surface area contributed by atoms with E-state index in [1.54, 1.807) is 6.07 Å². The van der Waals surface area contributed by atoms with Crippen LogP contribution in [0.2, 0.25) is 0 Å². The molecule has 1 aromatic carbocycles. The fourth-order valence-corrected chi connectivity index (χ4v) is 1.70. The topological polar surface area (TPSA) is 99.7 Å². The fraction of sp³-hybridized carbons (Fsp3) is 0.455. The highest BCUT2D eigenvalue weighted by molar-refractivity contribution is 5.69. The van der Waals surface area contributed by atoms with Gasteiger partial charge in [-0.2, -0.15) is 0 Å². The Balaban J connectivity index is 1.94. The fourth-order valence-electron chi connectivity index (χ4n) is 1.70. The molecule has 18 heavy (non-hydrogen) atoms. The number of benzene rings is 1. The zero-order valence-electron chi connectivity index (χ0n) is 9.80. The van der Waals surface area contributed by atoms with Gasteiger partial charge in [0, 0.05) is 18.7 Å². The van der Waals surface area contributed by atoms with E-state index in [4.69, 9.17) is 15.2 Å². The first kappa shape index (κ1) is 12.6. The number of nitro benzene ring substituents is 1. The summed E-state index contributed by atoms with van der Waals surface area (Å²) >= 11 is 0. The van der Waals surface area contributed by atoms with E-state index in [9.17, 15) is 10.1 Å². The van der Waals surface area contributed by atoms with Crippen LogP contribution in [0.5, 0.6) is 0 Å². The minimum absolute atomic E-state index is 0.0182. The highest BCUT2D eigenvalue weighted by atomic mass is 16.6. The number of ether oxygens (including phenoxy) is 2. The van der Waals surface area contributed by atoms with E-state index in [0.717, 1.165) is 0 Å². The molecule has 2 rings (SSSR count). The second-order valence-electron chi connectivity index (χ2n) is 3.98. The van der Waals surface area contributed by atoms with Crippen LogP contribution >= 0.6 is 0 Å². The molecule has 0 saturated carbocycles. The molecule has 1 saturated heterocycles. The number of nitrogens with two attached hydrogens (primary N) is 1. The zero-order valence-corrected chi connectivity index (χ0v) is 9.80. The smallest absolute Gasteiger partial charge is 0.271 e. The maximum atomic E-state index is 10.6. The van der Waals surface area contributed by atoms with Crippen LogP contribution in [0.4, 0.5) is 17.1 Å². The van der Waals surface area contributed by atoms with Crippen LogP contribution in [0.15, 0.2) is 18.2 Å². The van der Waals surface area contributed by atoms with E-state index >= 15 is 0 Å². The molecule has 1 aliphatic rings. The Labute approximate surface area is 104 Å². The van der Waals surface area contributed by atoms with Gasteiger partial charge in [-0.3, -0.25) is 10.1 Å². The van der Waals surface area contributed by atoms with Gasteiger partial charge in [0.25, 0.3) is 5.69 Å². The van der Waals surface area contributed by atoms with Crippen LogP contribution in [-0.2, 0) is 9.47 Å². The van der Waals surface area contributed by atoms with Crippen LogP contribution in [0, 0.1) is 10.1 Å². The van der Waals surface area contributed by atoms with Crippen molar-refractivity contribution in [1.29, 1.82) is 0 Å². The Morgan fingerprint density at radius 2 is 2.33 bits per heavy atom. The lowest BCUT2D eigenvalue weighted by molar-refractivity contribution is -0.384. The van der Waals surface area contributed by atoms with Gasteiger partial charge in [-0.15, -0.1) is 0 Å². The van der Waals surface area contributed by atoms with Crippen molar-refractivity contribution in [3.05, 3.63) is 28.3 Å². The van der Waals surface area contributed by atoms with E-state index in [-0.39, 0.29) is 11.8 Å². The second-order valence-corrected chi connectivity index (χ2v) is 3.98. The molecule has 0 spiro atoms. The van der Waals surface area contributed by atoms with Crippen molar-refractivity contribution in [2.75, 3.05) is 37.4 Å². The van der Waals surface area contributed by atoms with Crippen LogP contribution in [-0.4, -0.2) is 37.4 Å². The Kier molecular flexibility index (Phi) is 3.96. The Bertz CT molecular complexity index is 432. The molecule has 0 amide bonds. The van der Waals surface area contributed by atoms with Gasteiger partial charge in [0.1, 0.15) is 0 Å². The van der Waals surface area contributed by atoms with E-state index in [1.807, 2.05) is 0 Å². The van der Waals surface area contributed by atoms with Gasteiger partial charge >= 0.3 is 0 Å². The van der Waals surface area contributed by atoms with E-state index in [0.29, 0.717) is 37.7 Å². The number of hydrogen-bond acceptors (Lipinski definition) is 6. The van der Waals surface area contributed by atoms with Crippen molar-refractivity contribution in [2.24, 2.45) is 0 Å². The Hall–Kier alpha value is -1.86. The molecule has 98 valence electrons. The molecular weight excluding hydrogens is 238 g/mol. The maximum Gasteiger partial charge on any atom is 0.271 e. The van der Waals surface area contributed by atoms with E-state index < -0.39 is 4.92 Å². The molecule has 7 heteroatoms. The number of hydrogen-bond donors (Lipinski definition) is 2. The third-order valence-electron chi connectivity index (χ3n) is 2.65. The van der Waals surface area contributed by atoms with Crippen molar-refractivity contribution in [2.45, 2.75) is 6.10 Å². The molecule has 1 aromatic rings. The van der Waals surface area contributed by atoms with Crippen molar-refractivity contribution < 1.29 is 14.4 Å². The third-order valence-corrected chi connectivity index (χ3v) is 2.65. The number of rotatable bonds is 4. The predicted octanol–water partition coefficient (Wildman–Crippen LogP) is 1.00. The first-order chi connectivity index (χ1) is 8.66. The lowest BCUT2D eigenvalue weighted by Crippen LogP contribution is -2.34. The van der Waals surface area contributed by atoms with Crippen molar-refractivity contribution in [1.82, 2.24) is 0 Å². The molecule has 0 aliphatic carbocycles. The second kappa shape index (κ2) is 5.65. The highest BCUT2D eigenvalue weighted by Gasteiger charge is 2.15. The maximum absolute atomic E-state index is 10.6. The van der Waals surface area contributed by atoms with E-state index in [2.05, 4.69) is 5.32 Å². The number of nitro groups is 1. The molecule has 7 nitrogen and oxygen atoms in total. The van der Waals surface area contributed by atoms with Crippen LogP contribution in [0.25, 0.3) is 0 Å². The molecule has 1 heterocycles. The summed E-state index contributed by atoms with van der Waals surface area (Å²) in [6.07, 6.45) is -0.0201. The largest absolute Gasteiger partial charge is 0.397 e. The molecule has 0 bridgehead atoms. The van der Waals surface area contributed by atoms with Gasteiger partial charge in [-0.05, 0) is 6.07 Å². The normalized spacial score (nSPS) is 19.4. The molecule has 0 radical (unpaired) electrons. The lowest BCUT2D eigenvalue weighted by atomic mass is 10.2. The van der Waals surface area contributed by atoms with E-state index in [1.165, 1.54) is 12.1 Å². The molecule has 1 fully saturated rings. The van der Waals surface area contributed by atoms with Gasteiger partial charge < -0.3 is 20.5 Å². The number of nitrogen functional groups attached to an aromatic ring is 1. The average Bonchev–Trinajstić information content (AvgIpc) is 2.38. The van der Waals surface area contributed by atoms with Crippen LogP contribution in [0.3, 0.4) is 0 Å². The third kappa shape index (κ3) is 3.08. The predicted molar refractivity (Wildman–Crippen MR) is 66.6 cm³/mol. The standard InChI is InChI=1S/C11H15N3O4/c12-10-5-8(14(15)16)1-2-11(10)13-6-9-7-17-3-4-18-9/h1-2,5,9,13H,3-4,6-7,12H2. The number of non-ortho nitro benzene ring substituents is 1. The summed E-state index contributed by atoms with van der Waals surface area (Å²) < 4.78 is 10.7. The monoisotopic (exact) mass is 253 g/mol. The molecule has 0 aromatic heterocycles. The quantitative estimate of drug-likeness (QED) is 0.472. The summed E-state index contributed by atoms with van der Waals surface area (Å²) in [5.41, 5.74) is 6.73. The Morgan fingerprint density at radius 1 is 1.50 bits per heavy atom. The van der Waals surface area contributed by atoms with Crippen molar-refractivity contribution >= 4 is 17.1 Å². The summed E-state index contributed by atoms with van der Waals surface area (Å²) in [7, 11) is 0.